The lowest BCUT2D eigenvalue weighted by atomic mass is 9.85. The van der Waals surface area contributed by atoms with E-state index in [4.69, 9.17) is 0 Å². The molecule has 0 bridgehead atoms. The van der Waals surface area contributed by atoms with E-state index in [2.05, 4.69) is 29.2 Å². The lowest BCUT2D eigenvalue weighted by Crippen LogP contribution is -2.56. The van der Waals surface area contributed by atoms with Crippen LogP contribution in [0.5, 0.6) is 0 Å². The molecule has 1 N–H and O–H groups in total. The van der Waals surface area contributed by atoms with Crippen molar-refractivity contribution in [2.45, 2.75) is 51.6 Å². The maximum absolute atomic E-state index is 11.5. The second-order valence-corrected chi connectivity index (χ2v) is 5.82. The van der Waals surface area contributed by atoms with Crippen LogP contribution in [0.15, 0.2) is 24.3 Å². The van der Waals surface area contributed by atoms with Crippen LogP contribution in [0.3, 0.4) is 0 Å². The van der Waals surface area contributed by atoms with Crippen molar-refractivity contribution >= 4 is 5.97 Å². The Balaban J connectivity index is 2.21. The first kappa shape index (κ1) is 14.1. The summed E-state index contributed by atoms with van der Waals surface area (Å²) in [6.45, 7) is 6.43. The molecule has 0 amide bonds. The van der Waals surface area contributed by atoms with Crippen LogP contribution in [0.4, 0.5) is 0 Å². The Morgan fingerprint density at radius 3 is 2.58 bits per heavy atom. The van der Waals surface area contributed by atoms with Gasteiger partial charge in [-0.05, 0) is 50.8 Å². The molecule has 0 heterocycles. The molecule has 1 aliphatic rings. The Labute approximate surface area is 115 Å². The van der Waals surface area contributed by atoms with Crippen LogP contribution in [-0.4, -0.2) is 34.1 Å². The van der Waals surface area contributed by atoms with Gasteiger partial charge in [0, 0.05) is 6.04 Å². The fourth-order valence-electron chi connectivity index (χ4n) is 3.18. The molecule has 0 spiro atoms. The lowest BCUT2D eigenvalue weighted by Gasteiger charge is -2.42. The maximum atomic E-state index is 11.5. The molecule has 1 atom stereocenters. The second-order valence-electron chi connectivity index (χ2n) is 5.82. The number of carbonyl (C=O) groups is 1. The summed E-state index contributed by atoms with van der Waals surface area (Å²) in [5.41, 5.74) is 1.99. The summed E-state index contributed by atoms with van der Waals surface area (Å²) in [6.07, 6.45) is 3.05. The number of aryl methyl sites for hydroxylation is 1. The smallest absolute Gasteiger partial charge is 0.323 e. The van der Waals surface area contributed by atoms with Crippen LogP contribution in [0.2, 0.25) is 0 Å². The first-order valence-electron chi connectivity index (χ1n) is 7.03. The molecule has 0 aromatic heterocycles. The largest absolute Gasteiger partial charge is 0.480 e. The van der Waals surface area contributed by atoms with Crippen molar-refractivity contribution < 1.29 is 9.90 Å². The van der Waals surface area contributed by atoms with Gasteiger partial charge in [0.1, 0.15) is 5.54 Å². The molecule has 0 saturated carbocycles. The predicted octanol–water partition coefficient (Wildman–Crippen LogP) is 2.73. The lowest BCUT2D eigenvalue weighted by molar-refractivity contribution is -0.151. The number of aliphatic carboxylic acids is 1. The van der Waals surface area contributed by atoms with Gasteiger partial charge in [-0.15, -0.1) is 0 Å². The molecule has 1 aliphatic carbocycles. The average molecular weight is 261 g/mol. The molecule has 2 rings (SSSR count). The van der Waals surface area contributed by atoms with Crippen molar-refractivity contribution in [3.8, 4) is 0 Å². The van der Waals surface area contributed by atoms with Crippen LogP contribution >= 0.6 is 0 Å². The number of hydrogen-bond acceptors (Lipinski definition) is 2. The van der Waals surface area contributed by atoms with E-state index in [1.165, 1.54) is 11.1 Å². The molecule has 0 radical (unpaired) electrons. The van der Waals surface area contributed by atoms with Crippen molar-refractivity contribution in [2.24, 2.45) is 0 Å². The van der Waals surface area contributed by atoms with Crippen molar-refractivity contribution in [3.05, 3.63) is 35.4 Å². The highest BCUT2D eigenvalue weighted by atomic mass is 16.4. The predicted molar refractivity (Wildman–Crippen MR) is 76.3 cm³/mol. The molecule has 3 heteroatoms. The number of rotatable bonds is 4. The monoisotopic (exact) mass is 261 g/mol. The van der Waals surface area contributed by atoms with E-state index >= 15 is 0 Å². The minimum atomic E-state index is -0.800. The zero-order chi connectivity index (χ0) is 14.0. The van der Waals surface area contributed by atoms with Gasteiger partial charge in [-0.1, -0.05) is 31.2 Å². The number of likely N-dealkylation sites (N-methyl/N-ethyl adjacent to an activating group) is 1. The van der Waals surface area contributed by atoms with Crippen LogP contribution < -0.4 is 0 Å². The van der Waals surface area contributed by atoms with Crippen molar-refractivity contribution in [2.75, 3.05) is 6.54 Å². The Bertz CT molecular complexity index is 468. The second kappa shape index (κ2) is 5.33. The number of hydrogen-bond donors (Lipinski definition) is 1. The average Bonchev–Trinajstić information content (AvgIpc) is 2.39. The summed E-state index contributed by atoms with van der Waals surface area (Å²) in [6, 6.07) is 8.83. The normalized spacial score (nSPS) is 19.3. The molecule has 1 aromatic rings. The first-order chi connectivity index (χ1) is 8.96. The fraction of sp³-hybridized carbons (Fsp3) is 0.562. The molecule has 3 nitrogen and oxygen atoms in total. The molecule has 0 saturated heterocycles. The van der Waals surface area contributed by atoms with Gasteiger partial charge in [-0.3, -0.25) is 9.69 Å². The van der Waals surface area contributed by atoms with Crippen molar-refractivity contribution in [1.82, 2.24) is 4.90 Å². The zero-order valence-electron chi connectivity index (χ0n) is 12.0. The van der Waals surface area contributed by atoms with Gasteiger partial charge in [-0.25, -0.2) is 0 Å². The fourth-order valence-corrected chi connectivity index (χ4v) is 3.18. The summed E-state index contributed by atoms with van der Waals surface area (Å²) in [5, 5.41) is 9.43. The standard InChI is InChI=1S/C16H23NO2/c1-4-17(16(2,3)15(18)19)14-10-9-12-7-5-6-8-13(12)11-14/h5-8,14H,4,9-11H2,1-3H3,(H,18,19). The topological polar surface area (TPSA) is 40.5 Å². The summed E-state index contributed by atoms with van der Waals surface area (Å²) in [4.78, 5) is 13.6. The number of carboxylic acids is 1. The quantitative estimate of drug-likeness (QED) is 0.906. The highest BCUT2D eigenvalue weighted by molar-refractivity contribution is 5.77. The number of benzene rings is 1. The zero-order valence-corrected chi connectivity index (χ0v) is 12.0. The summed E-state index contributed by atoms with van der Waals surface area (Å²) in [7, 11) is 0. The molecule has 1 aromatic carbocycles. The number of fused-ring (bicyclic) bond motifs is 1. The van der Waals surface area contributed by atoms with Crippen molar-refractivity contribution in [1.29, 1.82) is 0 Å². The Morgan fingerprint density at radius 1 is 1.37 bits per heavy atom. The van der Waals surface area contributed by atoms with Crippen LogP contribution in [0.1, 0.15) is 38.3 Å². The third kappa shape index (κ3) is 2.66. The molecule has 19 heavy (non-hydrogen) atoms. The van der Waals surface area contributed by atoms with Gasteiger partial charge < -0.3 is 5.11 Å². The van der Waals surface area contributed by atoms with E-state index in [0.29, 0.717) is 6.04 Å². The van der Waals surface area contributed by atoms with E-state index in [9.17, 15) is 9.90 Å². The molecule has 0 aliphatic heterocycles. The Morgan fingerprint density at radius 2 is 2.00 bits per heavy atom. The number of carboxylic acid groups (broad SMARTS) is 1. The molecule has 104 valence electrons. The Kier molecular flexibility index (Phi) is 3.95. The minimum Gasteiger partial charge on any atom is -0.480 e. The van der Waals surface area contributed by atoms with Gasteiger partial charge in [0.25, 0.3) is 0 Å². The van der Waals surface area contributed by atoms with E-state index in [-0.39, 0.29) is 0 Å². The molecule has 0 fully saturated rings. The maximum Gasteiger partial charge on any atom is 0.323 e. The van der Waals surface area contributed by atoms with E-state index in [1.807, 2.05) is 6.92 Å². The third-order valence-electron chi connectivity index (χ3n) is 4.34. The van der Waals surface area contributed by atoms with Crippen LogP contribution in [-0.2, 0) is 17.6 Å². The van der Waals surface area contributed by atoms with Gasteiger partial charge in [0.15, 0.2) is 0 Å². The molecular weight excluding hydrogens is 238 g/mol. The van der Waals surface area contributed by atoms with E-state index in [0.717, 1.165) is 25.8 Å². The number of nitrogens with zero attached hydrogens (tertiary/aromatic N) is 1. The van der Waals surface area contributed by atoms with Crippen LogP contribution in [0, 0.1) is 0 Å². The van der Waals surface area contributed by atoms with Gasteiger partial charge in [-0.2, -0.15) is 0 Å². The van der Waals surface area contributed by atoms with E-state index < -0.39 is 11.5 Å². The third-order valence-corrected chi connectivity index (χ3v) is 4.34. The van der Waals surface area contributed by atoms with Crippen LogP contribution in [0.25, 0.3) is 0 Å². The van der Waals surface area contributed by atoms with Crippen molar-refractivity contribution in [3.63, 3.8) is 0 Å². The molecular formula is C16H23NO2. The summed E-state index contributed by atoms with van der Waals surface area (Å²) >= 11 is 0. The highest BCUT2D eigenvalue weighted by Gasteiger charge is 2.38. The first-order valence-corrected chi connectivity index (χ1v) is 7.03. The summed E-state index contributed by atoms with van der Waals surface area (Å²) in [5.74, 6) is -0.742. The highest BCUT2D eigenvalue weighted by Crippen LogP contribution is 2.28. The minimum absolute atomic E-state index is 0.325. The SMILES string of the molecule is CCN(C1CCc2ccccc2C1)C(C)(C)C(=O)O. The Hall–Kier alpha value is -1.35. The molecule has 1 unspecified atom stereocenters. The van der Waals surface area contributed by atoms with Gasteiger partial charge in [0.2, 0.25) is 0 Å². The summed E-state index contributed by atoms with van der Waals surface area (Å²) < 4.78 is 0. The van der Waals surface area contributed by atoms with Gasteiger partial charge >= 0.3 is 5.97 Å². The van der Waals surface area contributed by atoms with Gasteiger partial charge in [0.05, 0.1) is 0 Å². The van der Waals surface area contributed by atoms with E-state index in [1.54, 1.807) is 13.8 Å².